The van der Waals surface area contributed by atoms with Crippen molar-refractivity contribution in [2.24, 2.45) is 0 Å². The van der Waals surface area contributed by atoms with Crippen LogP contribution in [0.4, 0.5) is 11.4 Å². The van der Waals surface area contributed by atoms with Crippen LogP contribution >= 0.6 is 0 Å². The van der Waals surface area contributed by atoms with Gasteiger partial charge in [0.15, 0.2) is 11.5 Å². The van der Waals surface area contributed by atoms with Gasteiger partial charge in [0.25, 0.3) is 10.7 Å². The molecule has 1 aromatic rings. The zero-order chi connectivity index (χ0) is 19.4. The molecule has 138 valence electrons. The summed E-state index contributed by atoms with van der Waals surface area (Å²) in [7, 11) is -1.85. The van der Waals surface area contributed by atoms with Crippen molar-refractivity contribution in [3.63, 3.8) is 0 Å². The van der Waals surface area contributed by atoms with Gasteiger partial charge in [-0.1, -0.05) is 0 Å². The third kappa shape index (κ3) is 2.53. The lowest BCUT2D eigenvalue weighted by molar-refractivity contribution is -0.132. The summed E-state index contributed by atoms with van der Waals surface area (Å²) in [4.78, 5) is 22.2. The SMILES string of the molecule is CN(C)c1ccc2c(c1)OC1=C(N2)C(C(=O)O)=CC(O)(S(=O)(=O)O)C1=O. The first-order valence-corrected chi connectivity index (χ1v) is 8.61. The van der Waals surface area contributed by atoms with E-state index < -0.39 is 38.1 Å². The minimum Gasteiger partial charge on any atom is -0.478 e. The summed E-state index contributed by atoms with van der Waals surface area (Å²) in [5, 5.41) is 22.2. The third-order valence-corrected chi connectivity index (χ3v) is 5.03. The first-order chi connectivity index (χ1) is 12.0. The number of Topliss-reactive ketones (excluding diaryl/α,β-unsaturated/α-hetero) is 1. The molecule has 1 heterocycles. The van der Waals surface area contributed by atoms with Crippen molar-refractivity contribution < 1.29 is 37.5 Å². The Kier molecular flexibility index (Phi) is 3.83. The Hall–Kier alpha value is -2.89. The highest BCUT2D eigenvalue weighted by molar-refractivity contribution is 7.88. The average molecular weight is 382 g/mol. The zero-order valence-corrected chi connectivity index (χ0v) is 14.4. The Morgan fingerprint density at radius 3 is 2.50 bits per heavy atom. The molecule has 0 bridgehead atoms. The van der Waals surface area contributed by atoms with E-state index in [0.717, 1.165) is 0 Å². The van der Waals surface area contributed by atoms with Gasteiger partial charge in [0.05, 0.1) is 11.3 Å². The average Bonchev–Trinajstić information content (AvgIpc) is 2.55. The molecule has 0 fully saturated rings. The molecule has 1 atom stereocenters. The van der Waals surface area contributed by atoms with Crippen molar-refractivity contribution in [1.29, 1.82) is 0 Å². The van der Waals surface area contributed by atoms with E-state index >= 15 is 0 Å². The third-order valence-electron chi connectivity index (χ3n) is 3.94. The minimum absolute atomic E-state index is 0.118. The van der Waals surface area contributed by atoms with Crippen LogP contribution in [0.1, 0.15) is 0 Å². The van der Waals surface area contributed by atoms with E-state index in [4.69, 9.17) is 4.74 Å². The highest BCUT2D eigenvalue weighted by atomic mass is 32.2. The first-order valence-electron chi connectivity index (χ1n) is 7.17. The van der Waals surface area contributed by atoms with E-state index in [-0.39, 0.29) is 17.5 Å². The van der Waals surface area contributed by atoms with E-state index in [0.29, 0.717) is 11.4 Å². The van der Waals surface area contributed by atoms with Crippen LogP contribution in [-0.4, -0.2) is 54.0 Å². The fourth-order valence-electron chi connectivity index (χ4n) is 2.54. The summed E-state index contributed by atoms with van der Waals surface area (Å²) in [5.41, 5.74) is -0.0218. The highest BCUT2D eigenvalue weighted by Gasteiger charge is 2.54. The number of hydrogen-bond donors (Lipinski definition) is 4. The number of carbonyl (C=O) groups is 2. The van der Waals surface area contributed by atoms with Crippen LogP contribution in [0.3, 0.4) is 0 Å². The Balaban J connectivity index is 2.18. The second-order valence-electron chi connectivity index (χ2n) is 5.87. The smallest absolute Gasteiger partial charge is 0.337 e. The number of aliphatic hydroxyl groups is 1. The van der Waals surface area contributed by atoms with E-state index in [1.807, 2.05) is 0 Å². The summed E-state index contributed by atoms with van der Waals surface area (Å²) in [6.45, 7) is 0. The number of fused-ring (bicyclic) bond motifs is 1. The summed E-state index contributed by atoms with van der Waals surface area (Å²) >= 11 is 0. The number of benzene rings is 1. The molecule has 0 amide bonds. The van der Waals surface area contributed by atoms with Crippen LogP contribution in [0.5, 0.6) is 5.75 Å². The molecule has 1 aromatic carbocycles. The predicted octanol–water partition coefficient (Wildman–Crippen LogP) is -0.0614. The molecular formula is C15H14N2O8S. The van der Waals surface area contributed by atoms with Crippen molar-refractivity contribution in [3.8, 4) is 5.75 Å². The molecule has 10 nitrogen and oxygen atoms in total. The fourth-order valence-corrected chi connectivity index (χ4v) is 3.13. The number of carbonyl (C=O) groups excluding carboxylic acids is 1. The number of carboxylic acid groups (broad SMARTS) is 1. The number of nitrogens with zero attached hydrogens (tertiary/aromatic N) is 1. The number of hydrogen-bond acceptors (Lipinski definition) is 8. The molecule has 26 heavy (non-hydrogen) atoms. The number of rotatable bonds is 3. The number of carboxylic acids is 1. The van der Waals surface area contributed by atoms with Gasteiger partial charge in [0.1, 0.15) is 5.70 Å². The molecule has 1 aliphatic carbocycles. The molecule has 3 rings (SSSR count). The molecule has 4 N–H and O–H groups in total. The molecule has 1 unspecified atom stereocenters. The van der Waals surface area contributed by atoms with Crippen LogP contribution < -0.4 is 15.0 Å². The van der Waals surface area contributed by atoms with Crippen LogP contribution in [0.2, 0.25) is 0 Å². The summed E-state index contributed by atoms with van der Waals surface area (Å²) in [5.74, 6) is -3.74. The Bertz CT molecular complexity index is 1010. The summed E-state index contributed by atoms with van der Waals surface area (Å²) < 4.78 is 37.6. The molecule has 0 aromatic heterocycles. The van der Waals surface area contributed by atoms with Gasteiger partial charge in [-0.3, -0.25) is 9.35 Å². The second-order valence-corrected chi connectivity index (χ2v) is 7.44. The summed E-state index contributed by atoms with van der Waals surface area (Å²) in [6.07, 6.45) is 0.265. The van der Waals surface area contributed by atoms with Crippen molar-refractivity contribution >= 4 is 33.2 Å². The minimum atomic E-state index is -5.37. The van der Waals surface area contributed by atoms with Gasteiger partial charge in [-0.2, -0.15) is 8.42 Å². The number of anilines is 2. The van der Waals surface area contributed by atoms with Crippen LogP contribution in [-0.2, 0) is 19.7 Å². The number of nitrogens with one attached hydrogen (secondary N) is 1. The zero-order valence-electron chi connectivity index (χ0n) is 13.5. The van der Waals surface area contributed by atoms with E-state index in [1.54, 1.807) is 31.1 Å². The van der Waals surface area contributed by atoms with Gasteiger partial charge < -0.3 is 25.2 Å². The van der Waals surface area contributed by atoms with Crippen molar-refractivity contribution in [2.75, 3.05) is 24.3 Å². The molecule has 0 saturated heterocycles. The molecule has 1 aliphatic heterocycles. The van der Waals surface area contributed by atoms with E-state index in [2.05, 4.69) is 5.32 Å². The van der Waals surface area contributed by atoms with Gasteiger partial charge in [-0.05, 0) is 18.2 Å². The summed E-state index contributed by atoms with van der Waals surface area (Å²) in [6, 6.07) is 4.83. The van der Waals surface area contributed by atoms with Gasteiger partial charge in [0.2, 0.25) is 0 Å². The largest absolute Gasteiger partial charge is 0.478 e. The number of aliphatic carboxylic acids is 1. The molecular weight excluding hydrogens is 368 g/mol. The maximum Gasteiger partial charge on any atom is 0.337 e. The maximum atomic E-state index is 12.5. The standard InChI is InChI=1S/C15H14N2O8S/c1-17(2)7-3-4-9-10(5-7)25-12-11(16-9)8(14(19)20)6-15(21,13(12)18)26(22,23)24/h3-6,16,21H,1-2H3,(H,19,20)(H,22,23,24). The first kappa shape index (κ1) is 17.9. The topological polar surface area (TPSA) is 153 Å². The Morgan fingerprint density at radius 2 is 1.96 bits per heavy atom. The van der Waals surface area contributed by atoms with Crippen molar-refractivity contribution in [1.82, 2.24) is 0 Å². The molecule has 0 saturated carbocycles. The van der Waals surface area contributed by atoms with Crippen LogP contribution in [0.15, 0.2) is 41.3 Å². The van der Waals surface area contributed by atoms with Gasteiger partial charge in [-0.25, -0.2) is 4.79 Å². The monoisotopic (exact) mass is 382 g/mol. The number of ketones is 1. The lowest BCUT2D eigenvalue weighted by Gasteiger charge is -2.32. The van der Waals surface area contributed by atoms with E-state index in [9.17, 15) is 32.8 Å². The number of ether oxygens (including phenoxy) is 1. The lowest BCUT2D eigenvalue weighted by atomic mass is 9.96. The van der Waals surface area contributed by atoms with Gasteiger partial charge >= 0.3 is 16.1 Å². The quantitative estimate of drug-likeness (QED) is 0.523. The van der Waals surface area contributed by atoms with Gasteiger partial charge in [0, 0.05) is 25.8 Å². The Morgan fingerprint density at radius 1 is 1.31 bits per heavy atom. The molecule has 0 spiro atoms. The second kappa shape index (κ2) is 5.56. The Labute approximate surface area is 147 Å². The molecule has 11 heteroatoms. The lowest BCUT2D eigenvalue weighted by Crippen LogP contribution is -2.50. The predicted molar refractivity (Wildman–Crippen MR) is 89.3 cm³/mol. The molecule has 2 aliphatic rings. The highest BCUT2D eigenvalue weighted by Crippen LogP contribution is 2.41. The van der Waals surface area contributed by atoms with Gasteiger partial charge in [-0.15, -0.1) is 0 Å². The van der Waals surface area contributed by atoms with Crippen molar-refractivity contribution in [2.45, 2.75) is 4.93 Å². The van der Waals surface area contributed by atoms with Crippen molar-refractivity contribution in [3.05, 3.63) is 41.3 Å². The van der Waals surface area contributed by atoms with Crippen LogP contribution in [0.25, 0.3) is 0 Å². The fraction of sp³-hybridized carbons (Fsp3) is 0.200. The normalized spacial score (nSPS) is 21.8. The van der Waals surface area contributed by atoms with E-state index in [1.165, 1.54) is 6.07 Å². The molecule has 0 radical (unpaired) electrons. The maximum absolute atomic E-state index is 12.5. The van der Waals surface area contributed by atoms with Crippen LogP contribution in [0, 0.1) is 0 Å².